The van der Waals surface area contributed by atoms with Crippen molar-refractivity contribution < 1.29 is 9.53 Å². The van der Waals surface area contributed by atoms with Crippen LogP contribution in [-0.4, -0.2) is 19.2 Å². The lowest BCUT2D eigenvalue weighted by atomic mass is 9.71. The molecule has 1 amide bonds. The van der Waals surface area contributed by atoms with Gasteiger partial charge < -0.3 is 10.1 Å². The first kappa shape index (κ1) is 27.3. The third kappa shape index (κ3) is 8.75. The minimum Gasteiger partial charge on any atom is -0.449 e. The van der Waals surface area contributed by atoms with Crippen molar-refractivity contribution >= 4 is 6.09 Å². The van der Waals surface area contributed by atoms with Gasteiger partial charge in [0, 0.05) is 6.54 Å². The minimum atomic E-state index is -0.220. The Bertz CT molecular complexity index is 608. The average molecular weight is 448 g/mol. The van der Waals surface area contributed by atoms with Crippen LogP contribution in [0.2, 0.25) is 0 Å². The van der Waals surface area contributed by atoms with E-state index in [-0.39, 0.29) is 16.9 Å². The van der Waals surface area contributed by atoms with Crippen molar-refractivity contribution in [1.29, 1.82) is 0 Å². The Hall–Kier alpha value is -0.990. The third-order valence-corrected chi connectivity index (χ3v) is 7.67. The number of alkyl carbamates (subject to hydrolysis) is 1. The number of nitrogens with one attached hydrogen (secondary N) is 1. The summed E-state index contributed by atoms with van der Waals surface area (Å²) in [4.78, 5) is 12.2. The van der Waals surface area contributed by atoms with Crippen molar-refractivity contribution in [2.24, 2.45) is 34.0 Å². The van der Waals surface area contributed by atoms with Gasteiger partial charge in [0.2, 0.25) is 0 Å². The molecule has 0 aliphatic heterocycles. The van der Waals surface area contributed by atoms with Crippen LogP contribution in [0.4, 0.5) is 4.79 Å². The third-order valence-electron chi connectivity index (χ3n) is 7.67. The van der Waals surface area contributed by atoms with Gasteiger partial charge in [0.25, 0.3) is 0 Å². The SMILES string of the molecule is CC(C)(C)CCCCCCNC(=O)OCC1C2CC/C(C(C)(C)C)=C(/C(C)(C)C)CCC21. The van der Waals surface area contributed by atoms with Crippen molar-refractivity contribution in [3.63, 3.8) is 0 Å². The molecule has 2 rings (SSSR count). The topological polar surface area (TPSA) is 38.3 Å². The van der Waals surface area contributed by atoms with Crippen LogP contribution in [0.15, 0.2) is 11.1 Å². The molecule has 3 nitrogen and oxygen atoms in total. The molecule has 0 aromatic carbocycles. The first-order valence-corrected chi connectivity index (χ1v) is 13.3. The second-order valence-electron chi connectivity index (χ2n) is 13.8. The fraction of sp³-hybridized carbons (Fsp3) is 0.897. The highest BCUT2D eigenvalue weighted by atomic mass is 16.5. The summed E-state index contributed by atoms with van der Waals surface area (Å²) in [7, 11) is 0. The molecule has 0 spiro atoms. The van der Waals surface area contributed by atoms with E-state index in [2.05, 4.69) is 67.6 Å². The van der Waals surface area contributed by atoms with E-state index in [9.17, 15) is 4.79 Å². The maximum absolute atomic E-state index is 12.2. The second-order valence-corrected chi connectivity index (χ2v) is 13.8. The zero-order valence-electron chi connectivity index (χ0n) is 22.8. The Morgan fingerprint density at radius 2 is 1.31 bits per heavy atom. The molecule has 2 atom stereocenters. The first-order chi connectivity index (χ1) is 14.7. The van der Waals surface area contributed by atoms with Gasteiger partial charge in [0.05, 0.1) is 6.61 Å². The molecule has 186 valence electrons. The normalized spacial score (nSPS) is 26.7. The Morgan fingerprint density at radius 1 is 0.812 bits per heavy atom. The van der Waals surface area contributed by atoms with Gasteiger partial charge in [-0.05, 0) is 72.5 Å². The monoisotopic (exact) mass is 447 g/mol. The summed E-state index contributed by atoms with van der Waals surface area (Å²) < 4.78 is 5.64. The lowest BCUT2D eigenvalue weighted by molar-refractivity contribution is 0.137. The highest BCUT2D eigenvalue weighted by molar-refractivity contribution is 5.67. The summed E-state index contributed by atoms with van der Waals surface area (Å²) in [6, 6.07) is 0. The summed E-state index contributed by atoms with van der Waals surface area (Å²) in [5.74, 6) is 2.05. The highest BCUT2D eigenvalue weighted by Crippen LogP contribution is 2.56. The Labute approximate surface area is 199 Å². The molecule has 1 N–H and O–H groups in total. The van der Waals surface area contributed by atoms with E-state index in [0.29, 0.717) is 17.9 Å². The van der Waals surface area contributed by atoms with Crippen LogP contribution in [0, 0.1) is 34.0 Å². The van der Waals surface area contributed by atoms with E-state index in [1.807, 2.05) is 0 Å². The average Bonchev–Trinajstić information content (AvgIpc) is 3.25. The lowest BCUT2D eigenvalue weighted by Gasteiger charge is -2.35. The zero-order chi connectivity index (χ0) is 24.2. The fourth-order valence-electron chi connectivity index (χ4n) is 5.75. The van der Waals surface area contributed by atoms with Crippen LogP contribution >= 0.6 is 0 Å². The van der Waals surface area contributed by atoms with Crippen molar-refractivity contribution in [3.8, 4) is 0 Å². The van der Waals surface area contributed by atoms with Gasteiger partial charge in [-0.25, -0.2) is 4.79 Å². The largest absolute Gasteiger partial charge is 0.449 e. The number of hydrogen-bond donors (Lipinski definition) is 1. The summed E-state index contributed by atoms with van der Waals surface area (Å²) >= 11 is 0. The molecule has 1 saturated carbocycles. The van der Waals surface area contributed by atoms with Crippen molar-refractivity contribution in [3.05, 3.63) is 11.1 Å². The molecule has 32 heavy (non-hydrogen) atoms. The quantitative estimate of drug-likeness (QED) is 0.299. The maximum atomic E-state index is 12.2. The molecule has 2 aliphatic carbocycles. The molecule has 0 aromatic heterocycles. The molecule has 0 aromatic rings. The summed E-state index contributed by atoms with van der Waals surface area (Å²) in [5, 5.41) is 2.96. The van der Waals surface area contributed by atoms with Gasteiger partial charge in [-0.1, -0.05) is 92.7 Å². The second kappa shape index (κ2) is 11.0. The first-order valence-electron chi connectivity index (χ1n) is 13.3. The number of amides is 1. The van der Waals surface area contributed by atoms with Crippen molar-refractivity contribution in [2.45, 2.75) is 120 Å². The number of rotatable bonds is 8. The molecule has 0 heterocycles. The Morgan fingerprint density at radius 3 is 1.78 bits per heavy atom. The van der Waals surface area contributed by atoms with Gasteiger partial charge in [-0.3, -0.25) is 0 Å². The van der Waals surface area contributed by atoms with Crippen molar-refractivity contribution in [1.82, 2.24) is 5.32 Å². The zero-order valence-corrected chi connectivity index (χ0v) is 22.8. The number of allylic oxidation sites excluding steroid dienone is 2. The Balaban J connectivity index is 1.69. The summed E-state index contributed by atoms with van der Waals surface area (Å²) in [5.41, 5.74) is 4.26. The van der Waals surface area contributed by atoms with Gasteiger partial charge in [0.15, 0.2) is 0 Å². The number of carbonyl (C=O) groups excluding carboxylic acids is 1. The molecule has 0 bridgehead atoms. The number of fused-ring (bicyclic) bond motifs is 1. The summed E-state index contributed by atoms with van der Waals surface area (Å²) in [6.45, 7) is 22.5. The molecular weight excluding hydrogens is 394 g/mol. The number of ether oxygens (including phenoxy) is 1. The Kier molecular flexibility index (Phi) is 9.33. The van der Waals surface area contributed by atoms with Crippen molar-refractivity contribution in [2.75, 3.05) is 13.2 Å². The van der Waals surface area contributed by atoms with E-state index < -0.39 is 0 Å². The molecular formula is C29H53NO2. The smallest absolute Gasteiger partial charge is 0.407 e. The van der Waals surface area contributed by atoms with Gasteiger partial charge in [-0.15, -0.1) is 0 Å². The van der Waals surface area contributed by atoms with Gasteiger partial charge in [-0.2, -0.15) is 0 Å². The van der Waals surface area contributed by atoms with Crippen LogP contribution in [0.5, 0.6) is 0 Å². The fourth-order valence-corrected chi connectivity index (χ4v) is 5.75. The molecule has 1 fully saturated rings. The maximum Gasteiger partial charge on any atom is 0.407 e. The minimum absolute atomic E-state index is 0.220. The van der Waals surface area contributed by atoms with Crippen LogP contribution in [0.1, 0.15) is 120 Å². The molecule has 2 unspecified atom stereocenters. The standard InChI is InChI=1S/C29H53NO2/c1-27(2,3)18-12-10-11-13-19-30-26(31)32-20-23-21-14-16-24(28(4,5)6)25(29(7,8)9)17-15-22(21)23/h21-23H,10-20H2,1-9H3,(H,30,31)/b25-24-. The predicted octanol–water partition coefficient (Wildman–Crippen LogP) is 8.53. The number of hydrogen-bond acceptors (Lipinski definition) is 2. The van der Waals surface area contributed by atoms with E-state index in [4.69, 9.17) is 4.74 Å². The highest BCUT2D eigenvalue weighted by Gasteiger charge is 2.50. The molecule has 0 saturated heterocycles. The van der Waals surface area contributed by atoms with Crippen LogP contribution in [-0.2, 0) is 4.74 Å². The van der Waals surface area contributed by atoms with E-state index in [1.165, 1.54) is 51.4 Å². The van der Waals surface area contributed by atoms with E-state index >= 15 is 0 Å². The molecule has 0 radical (unpaired) electrons. The van der Waals surface area contributed by atoms with Crippen LogP contribution in [0.3, 0.4) is 0 Å². The van der Waals surface area contributed by atoms with Crippen LogP contribution < -0.4 is 5.32 Å². The molecule has 3 heteroatoms. The van der Waals surface area contributed by atoms with Gasteiger partial charge in [0.1, 0.15) is 0 Å². The van der Waals surface area contributed by atoms with Crippen LogP contribution in [0.25, 0.3) is 0 Å². The number of carbonyl (C=O) groups is 1. The summed E-state index contributed by atoms with van der Waals surface area (Å²) in [6.07, 6.45) is 10.7. The van der Waals surface area contributed by atoms with E-state index in [1.54, 1.807) is 11.1 Å². The molecule has 2 aliphatic rings. The number of unbranched alkanes of at least 4 members (excludes halogenated alkanes) is 3. The predicted molar refractivity (Wildman–Crippen MR) is 137 cm³/mol. The van der Waals surface area contributed by atoms with Gasteiger partial charge >= 0.3 is 6.09 Å². The lowest BCUT2D eigenvalue weighted by Crippen LogP contribution is -2.26. The van der Waals surface area contributed by atoms with E-state index in [0.717, 1.165) is 24.8 Å².